The summed E-state index contributed by atoms with van der Waals surface area (Å²) in [6, 6.07) is 78.1. The topological polar surface area (TPSA) is 45.5 Å². The van der Waals surface area contributed by atoms with Gasteiger partial charge in [0.15, 0.2) is 5.82 Å². The van der Waals surface area contributed by atoms with Crippen LogP contribution in [0, 0.1) is 0 Å². The van der Waals surface area contributed by atoms with E-state index >= 15 is 0 Å². The summed E-state index contributed by atoms with van der Waals surface area (Å²) in [7, 11) is 0. The van der Waals surface area contributed by atoms with Crippen molar-refractivity contribution in [3.05, 3.63) is 218 Å². The van der Waals surface area contributed by atoms with Crippen molar-refractivity contribution in [3.63, 3.8) is 0 Å². The molecule has 0 N–H and O–H groups in total. The Balaban J connectivity index is 1.09. The molecule has 14 rings (SSSR count). The standard InChI is InChI=1S/C58H36N6/c1-4-18-37(19-5-1)58-59-52(63-46-30-16-12-26-42(46)56-50(63)34-32-48-54(56)40-24-10-14-28-44(40)61(48)38-20-6-2-7-21-38)36-53(60-58)64-47-31-17-13-27-43(47)57-51(64)35-33-49-55(57)41-25-11-15-29-45(41)62(49)39-22-8-3-9-23-39/h1-36H. The lowest BCUT2D eigenvalue weighted by Gasteiger charge is -2.14. The van der Waals surface area contributed by atoms with Crippen molar-refractivity contribution in [2.45, 2.75) is 0 Å². The molecule has 9 aromatic carbocycles. The third-order valence-electron chi connectivity index (χ3n) is 13.2. The molecule has 0 radical (unpaired) electrons. The summed E-state index contributed by atoms with van der Waals surface area (Å²) in [6.45, 7) is 0. The Bertz CT molecular complexity index is 3920. The number of benzene rings is 9. The number of aromatic nitrogens is 6. The molecule has 5 aromatic heterocycles. The molecule has 0 aliphatic carbocycles. The van der Waals surface area contributed by atoms with E-state index in [1.165, 1.54) is 65.2 Å². The van der Waals surface area contributed by atoms with Crippen LogP contribution in [0.2, 0.25) is 0 Å². The van der Waals surface area contributed by atoms with E-state index in [0.717, 1.165) is 50.6 Å². The highest BCUT2D eigenvalue weighted by atomic mass is 15.1. The van der Waals surface area contributed by atoms with Gasteiger partial charge in [-0.2, -0.15) is 0 Å². The molecule has 6 heteroatoms. The second kappa shape index (κ2) is 13.4. The molecule has 5 heterocycles. The quantitative estimate of drug-likeness (QED) is 0.174. The molecule has 0 spiro atoms. The molecule has 0 fully saturated rings. The highest BCUT2D eigenvalue weighted by Crippen LogP contribution is 2.45. The summed E-state index contributed by atoms with van der Waals surface area (Å²) in [5.41, 5.74) is 12.3. The fourth-order valence-corrected chi connectivity index (χ4v) is 10.6. The van der Waals surface area contributed by atoms with E-state index in [-0.39, 0.29) is 0 Å². The first kappa shape index (κ1) is 34.9. The summed E-state index contributed by atoms with van der Waals surface area (Å²) >= 11 is 0. The fraction of sp³-hybridized carbons (Fsp3) is 0. The molecule has 0 atom stereocenters. The van der Waals surface area contributed by atoms with E-state index in [0.29, 0.717) is 5.82 Å². The van der Waals surface area contributed by atoms with Gasteiger partial charge in [0.05, 0.1) is 44.1 Å². The molecule has 0 unspecified atom stereocenters. The van der Waals surface area contributed by atoms with Crippen LogP contribution in [-0.4, -0.2) is 28.2 Å². The molecule has 0 aliphatic heterocycles. The van der Waals surface area contributed by atoms with Crippen LogP contribution in [0.5, 0.6) is 0 Å². The highest BCUT2D eigenvalue weighted by molar-refractivity contribution is 6.30. The number of rotatable bonds is 5. The minimum absolute atomic E-state index is 0.661. The second-order valence-electron chi connectivity index (χ2n) is 16.6. The van der Waals surface area contributed by atoms with Crippen molar-refractivity contribution in [1.82, 2.24) is 28.2 Å². The van der Waals surface area contributed by atoms with Gasteiger partial charge in [0.25, 0.3) is 0 Å². The first-order chi connectivity index (χ1) is 31.8. The third kappa shape index (κ3) is 4.85. The van der Waals surface area contributed by atoms with Crippen LogP contribution in [0.1, 0.15) is 0 Å². The lowest BCUT2D eigenvalue weighted by molar-refractivity contribution is 0.994. The van der Waals surface area contributed by atoms with Crippen LogP contribution >= 0.6 is 0 Å². The molecule has 0 bridgehead atoms. The zero-order chi connectivity index (χ0) is 41.9. The average molecular weight is 817 g/mol. The normalized spacial score (nSPS) is 12.1. The van der Waals surface area contributed by atoms with E-state index in [4.69, 9.17) is 9.97 Å². The van der Waals surface area contributed by atoms with Gasteiger partial charge in [-0.15, -0.1) is 0 Å². The predicted octanol–water partition coefficient (Wildman–Crippen LogP) is 14.5. The SMILES string of the molecule is c1ccc(-c2nc(-n3c4ccccc4c4c5c6ccccc6n(-c6ccccc6)c5ccc43)cc(-n3c4ccccc4c4c5c6ccccc6n(-c6ccccc6)c5ccc43)n2)cc1. The third-order valence-corrected chi connectivity index (χ3v) is 13.2. The maximum atomic E-state index is 5.47. The van der Waals surface area contributed by atoms with Crippen LogP contribution in [0.25, 0.3) is 122 Å². The van der Waals surface area contributed by atoms with Gasteiger partial charge in [0, 0.05) is 66.1 Å². The summed E-state index contributed by atoms with van der Waals surface area (Å²) in [6.07, 6.45) is 0. The largest absolute Gasteiger partial charge is 0.309 e. The van der Waals surface area contributed by atoms with Crippen molar-refractivity contribution in [1.29, 1.82) is 0 Å². The number of hydrogen-bond donors (Lipinski definition) is 0. The fourth-order valence-electron chi connectivity index (χ4n) is 10.6. The molecule has 14 aromatic rings. The molecule has 0 amide bonds. The summed E-state index contributed by atoms with van der Waals surface area (Å²) in [5, 5.41) is 9.64. The van der Waals surface area contributed by atoms with Gasteiger partial charge in [-0.1, -0.05) is 140 Å². The van der Waals surface area contributed by atoms with E-state index in [1.54, 1.807) is 0 Å². The van der Waals surface area contributed by atoms with Crippen molar-refractivity contribution < 1.29 is 0 Å². The minimum Gasteiger partial charge on any atom is -0.309 e. The van der Waals surface area contributed by atoms with E-state index in [2.05, 4.69) is 231 Å². The van der Waals surface area contributed by atoms with Crippen LogP contribution in [0.15, 0.2) is 218 Å². The Morgan fingerprint density at radius 3 is 0.922 bits per heavy atom. The van der Waals surface area contributed by atoms with Crippen molar-refractivity contribution >= 4 is 87.2 Å². The molecule has 64 heavy (non-hydrogen) atoms. The lowest BCUT2D eigenvalue weighted by atomic mass is 10.1. The average Bonchev–Trinajstić information content (AvgIpc) is 4.09. The first-order valence-corrected chi connectivity index (χ1v) is 21.8. The molecule has 6 nitrogen and oxygen atoms in total. The van der Waals surface area contributed by atoms with Gasteiger partial charge in [0.2, 0.25) is 0 Å². The Morgan fingerprint density at radius 2 is 0.547 bits per heavy atom. The van der Waals surface area contributed by atoms with Gasteiger partial charge in [-0.3, -0.25) is 9.13 Å². The molecule has 298 valence electrons. The van der Waals surface area contributed by atoms with Crippen LogP contribution in [-0.2, 0) is 0 Å². The highest BCUT2D eigenvalue weighted by Gasteiger charge is 2.24. The van der Waals surface area contributed by atoms with E-state index in [9.17, 15) is 0 Å². The smallest absolute Gasteiger partial charge is 0.163 e. The lowest BCUT2D eigenvalue weighted by Crippen LogP contribution is -2.06. The monoisotopic (exact) mass is 816 g/mol. The van der Waals surface area contributed by atoms with Crippen LogP contribution < -0.4 is 0 Å². The molecular formula is C58H36N6. The first-order valence-electron chi connectivity index (χ1n) is 21.8. The Morgan fingerprint density at radius 1 is 0.250 bits per heavy atom. The van der Waals surface area contributed by atoms with Gasteiger partial charge >= 0.3 is 0 Å². The van der Waals surface area contributed by atoms with Gasteiger partial charge < -0.3 is 9.13 Å². The number of hydrogen-bond acceptors (Lipinski definition) is 2. The molecule has 0 aliphatic rings. The van der Waals surface area contributed by atoms with Gasteiger partial charge in [-0.05, 0) is 72.8 Å². The summed E-state index contributed by atoms with van der Waals surface area (Å²) in [5.74, 6) is 2.26. The minimum atomic E-state index is 0.661. The molecule has 0 saturated carbocycles. The number of para-hydroxylation sites is 6. The van der Waals surface area contributed by atoms with Gasteiger partial charge in [-0.25, -0.2) is 9.97 Å². The van der Waals surface area contributed by atoms with Gasteiger partial charge in [0.1, 0.15) is 11.6 Å². The Kier molecular flexibility index (Phi) is 7.30. The predicted molar refractivity (Wildman–Crippen MR) is 265 cm³/mol. The Hall–Kier alpha value is -8.74. The zero-order valence-electron chi connectivity index (χ0n) is 34.5. The van der Waals surface area contributed by atoms with Crippen LogP contribution in [0.3, 0.4) is 0 Å². The maximum absolute atomic E-state index is 5.47. The molecular weight excluding hydrogens is 781 g/mol. The van der Waals surface area contributed by atoms with Crippen molar-refractivity contribution in [2.75, 3.05) is 0 Å². The van der Waals surface area contributed by atoms with Crippen molar-refractivity contribution in [2.24, 2.45) is 0 Å². The number of fused-ring (bicyclic) bond motifs is 14. The van der Waals surface area contributed by atoms with E-state index in [1.807, 2.05) is 6.07 Å². The molecule has 0 saturated heterocycles. The Labute approximate surface area is 366 Å². The summed E-state index contributed by atoms with van der Waals surface area (Å²) < 4.78 is 9.47. The second-order valence-corrected chi connectivity index (χ2v) is 16.6. The zero-order valence-corrected chi connectivity index (χ0v) is 34.5. The van der Waals surface area contributed by atoms with Crippen LogP contribution in [0.4, 0.5) is 0 Å². The summed E-state index contributed by atoms with van der Waals surface area (Å²) in [4.78, 5) is 10.9. The number of nitrogens with zero attached hydrogens (tertiary/aromatic N) is 6. The van der Waals surface area contributed by atoms with Crippen molar-refractivity contribution in [3.8, 4) is 34.4 Å². The maximum Gasteiger partial charge on any atom is 0.163 e. The van der Waals surface area contributed by atoms with E-state index < -0.39 is 0 Å².